The van der Waals surface area contributed by atoms with Gasteiger partial charge >= 0.3 is 0 Å². The Kier molecular flexibility index (Phi) is 5.84. The highest BCUT2D eigenvalue weighted by Crippen LogP contribution is 2.40. The van der Waals surface area contributed by atoms with Crippen molar-refractivity contribution in [2.45, 2.75) is 25.4 Å². The number of methoxy groups -OCH3 is 1. The van der Waals surface area contributed by atoms with Gasteiger partial charge in [0.25, 0.3) is 0 Å². The summed E-state index contributed by atoms with van der Waals surface area (Å²) in [5.74, 6) is 2.32. The van der Waals surface area contributed by atoms with E-state index in [-0.39, 0.29) is 6.10 Å². The Hall–Kier alpha value is -2.00. The van der Waals surface area contributed by atoms with E-state index in [4.69, 9.17) is 9.47 Å². The number of nitrogens with one attached hydrogen (secondary N) is 1. The molecule has 1 aliphatic rings. The molecule has 0 aliphatic carbocycles. The number of ether oxygens (including phenoxy) is 2. The summed E-state index contributed by atoms with van der Waals surface area (Å²) in [5, 5.41) is 2.75. The maximum Gasteiger partial charge on any atom is 0.123 e. The molecule has 3 nitrogen and oxygen atoms in total. The molecule has 2 unspecified atom stereocenters. The molecule has 0 radical (unpaired) electrons. The first kappa shape index (κ1) is 16.4. The van der Waals surface area contributed by atoms with Crippen LogP contribution in [-0.2, 0) is 0 Å². The standard InChI is InChI=1S/C17H18O2.C2H7N/c1-12-11-16(13-7-9-14(18-2)10-8-13)15-5-3-4-6-17(15)19-12;1-3-2/h3-10,12,16H,11H2,1-2H3;3H,1-2H3. The fourth-order valence-electron chi connectivity index (χ4n) is 2.75. The normalized spacial score (nSPS) is 19.3. The summed E-state index contributed by atoms with van der Waals surface area (Å²) in [4.78, 5) is 0. The molecule has 2 aromatic rings. The Labute approximate surface area is 133 Å². The van der Waals surface area contributed by atoms with Crippen LogP contribution in [0.3, 0.4) is 0 Å². The number of hydrogen-bond donors (Lipinski definition) is 1. The third-order valence-corrected chi connectivity index (χ3v) is 3.71. The topological polar surface area (TPSA) is 30.5 Å². The quantitative estimate of drug-likeness (QED) is 0.914. The molecule has 1 aliphatic heterocycles. The van der Waals surface area contributed by atoms with E-state index in [9.17, 15) is 0 Å². The van der Waals surface area contributed by atoms with Crippen molar-refractivity contribution in [3.05, 3.63) is 59.7 Å². The second kappa shape index (κ2) is 7.85. The van der Waals surface area contributed by atoms with E-state index < -0.39 is 0 Å². The number of rotatable bonds is 2. The van der Waals surface area contributed by atoms with Crippen molar-refractivity contribution in [3.63, 3.8) is 0 Å². The van der Waals surface area contributed by atoms with Gasteiger partial charge in [-0.3, -0.25) is 0 Å². The molecule has 2 aromatic carbocycles. The zero-order valence-electron chi connectivity index (χ0n) is 13.8. The minimum Gasteiger partial charge on any atom is -0.497 e. The smallest absolute Gasteiger partial charge is 0.123 e. The molecule has 0 fully saturated rings. The van der Waals surface area contributed by atoms with E-state index in [0.29, 0.717) is 5.92 Å². The fourth-order valence-corrected chi connectivity index (χ4v) is 2.75. The molecular weight excluding hydrogens is 274 g/mol. The first-order chi connectivity index (χ1) is 10.7. The second-order valence-electron chi connectivity index (χ2n) is 5.53. The van der Waals surface area contributed by atoms with Crippen molar-refractivity contribution in [3.8, 4) is 11.5 Å². The minimum atomic E-state index is 0.252. The molecule has 0 saturated carbocycles. The maximum absolute atomic E-state index is 5.90. The molecule has 118 valence electrons. The lowest BCUT2D eigenvalue weighted by Crippen LogP contribution is -2.23. The lowest BCUT2D eigenvalue weighted by atomic mass is 9.84. The van der Waals surface area contributed by atoms with Gasteiger partial charge in [0.15, 0.2) is 0 Å². The van der Waals surface area contributed by atoms with Crippen LogP contribution in [0.15, 0.2) is 48.5 Å². The lowest BCUT2D eigenvalue weighted by molar-refractivity contribution is 0.183. The zero-order valence-corrected chi connectivity index (χ0v) is 13.8. The molecule has 0 spiro atoms. The summed E-state index contributed by atoms with van der Waals surface area (Å²) < 4.78 is 11.1. The summed E-state index contributed by atoms with van der Waals surface area (Å²) in [6.45, 7) is 2.13. The van der Waals surface area contributed by atoms with E-state index in [0.717, 1.165) is 17.9 Å². The molecule has 3 rings (SSSR count). The van der Waals surface area contributed by atoms with Gasteiger partial charge in [-0.1, -0.05) is 30.3 Å². The first-order valence-corrected chi connectivity index (χ1v) is 7.67. The van der Waals surface area contributed by atoms with Crippen molar-refractivity contribution in [2.24, 2.45) is 0 Å². The van der Waals surface area contributed by atoms with E-state index in [1.54, 1.807) is 7.11 Å². The van der Waals surface area contributed by atoms with Crippen LogP contribution in [0.5, 0.6) is 11.5 Å². The molecule has 0 amide bonds. The average Bonchev–Trinajstić information content (AvgIpc) is 2.55. The highest BCUT2D eigenvalue weighted by atomic mass is 16.5. The van der Waals surface area contributed by atoms with Gasteiger partial charge in [-0.05, 0) is 51.2 Å². The zero-order chi connectivity index (χ0) is 15.9. The molecule has 0 aromatic heterocycles. The molecule has 0 saturated heterocycles. The monoisotopic (exact) mass is 299 g/mol. The number of para-hydroxylation sites is 1. The summed E-state index contributed by atoms with van der Waals surface area (Å²) in [7, 11) is 5.45. The SMILES string of the molecule is CNC.COc1ccc(C2CC(C)Oc3ccccc32)cc1. The van der Waals surface area contributed by atoms with Gasteiger partial charge < -0.3 is 14.8 Å². The molecule has 1 N–H and O–H groups in total. The molecule has 2 atom stereocenters. The van der Waals surface area contributed by atoms with Crippen molar-refractivity contribution < 1.29 is 9.47 Å². The Morgan fingerprint density at radius 1 is 1.05 bits per heavy atom. The van der Waals surface area contributed by atoms with Crippen LogP contribution in [0.2, 0.25) is 0 Å². The summed E-state index contributed by atoms with van der Waals surface area (Å²) in [5.41, 5.74) is 2.61. The van der Waals surface area contributed by atoms with Crippen molar-refractivity contribution in [1.82, 2.24) is 5.32 Å². The molecular formula is C19H25NO2. The number of fused-ring (bicyclic) bond motifs is 1. The van der Waals surface area contributed by atoms with Gasteiger partial charge in [0.2, 0.25) is 0 Å². The average molecular weight is 299 g/mol. The fraction of sp³-hybridized carbons (Fsp3) is 0.368. The number of hydrogen-bond acceptors (Lipinski definition) is 3. The van der Waals surface area contributed by atoms with E-state index >= 15 is 0 Å². The van der Waals surface area contributed by atoms with Crippen LogP contribution >= 0.6 is 0 Å². The van der Waals surface area contributed by atoms with Gasteiger partial charge in [-0.15, -0.1) is 0 Å². The van der Waals surface area contributed by atoms with Gasteiger partial charge in [-0.25, -0.2) is 0 Å². The molecule has 3 heteroatoms. The van der Waals surface area contributed by atoms with Crippen LogP contribution in [-0.4, -0.2) is 27.3 Å². The van der Waals surface area contributed by atoms with Crippen LogP contribution < -0.4 is 14.8 Å². The summed E-state index contributed by atoms with van der Waals surface area (Å²) in [6.07, 6.45) is 1.27. The second-order valence-corrected chi connectivity index (χ2v) is 5.53. The third kappa shape index (κ3) is 3.80. The summed E-state index contributed by atoms with van der Waals surface area (Å²) in [6, 6.07) is 16.7. The van der Waals surface area contributed by atoms with Crippen LogP contribution in [0.1, 0.15) is 30.4 Å². The minimum absolute atomic E-state index is 0.252. The predicted molar refractivity (Wildman–Crippen MR) is 91.0 cm³/mol. The van der Waals surface area contributed by atoms with E-state index in [2.05, 4.69) is 42.6 Å². The maximum atomic E-state index is 5.90. The van der Waals surface area contributed by atoms with Gasteiger partial charge in [0, 0.05) is 11.5 Å². The first-order valence-electron chi connectivity index (χ1n) is 7.67. The largest absolute Gasteiger partial charge is 0.497 e. The van der Waals surface area contributed by atoms with Crippen molar-refractivity contribution in [2.75, 3.05) is 21.2 Å². The van der Waals surface area contributed by atoms with Gasteiger partial charge in [0.05, 0.1) is 13.2 Å². The van der Waals surface area contributed by atoms with Crippen molar-refractivity contribution in [1.29, 1.82) is 0 Å². The summed E-state index contributed by atoms with van der Waals surface area (Å²) >= 11 is 0. The predicted octanol–water partition coefficient (Wildman–Crippen LogP) is 3.83. The molecule has 22 heavy (non-hydrogen) atoms. The van der Waals surface area contributed by atoms with E-state index in [1.165, 1.54) is 11.1 Å². The van der Waals surface area contributed by atoms with Crippen LogP contribution in [0.4, 0.5) is 0 Å². The Balaban J connectivity index is 0.000000545. The third-order valence-electron chi connectivity index (χ3n) is 3.71. The molecule has 0 bridgehead atoms. The van der Waals surface area contributed by atoms with Crippen LogP contribution in [0.25, 0.3) is 0 Å². The highest BCUT2D eigenvalue weighted by Gasteiger charge is 2.26. The van der Waals surface area contributed by atoms with Gasteiger partial charge in [-0.2, -0.15) is 0 Å². The molecule has 1 heterocycles. The Morgan fingerprint density at radius 2 is 1.68 bits per heavy atom. The Morgan fingerprint density at radius 3 is 2.32 bits per heavy atom. The Bertz CT molecular complexity index is 580. The number of benzene rings is 2. The van der Waals surface area contributed by atoms with Gasteiger partial charge in [0.1, 0.15) is 11.5 Å². The van der Waals surface area contributed by atoms with Crippen LogP contribution in [0, 0.1) is 0 Å². The van der Waals surface area contributed by atoms with Crippen molar-refractivity contribution >= 4 is 0 Å². The van der Waals surface area contributed by atoms with E-state index in [1.807, 2.05) is 32.3 Å². The highest BCUT2D eigenvalue weighted by molar-refractivity contribution is 5.44. The lowest BCUT2D eigenvalue weighted by Gasteiger charge is -2.30.